The lowest BCUT2D eigenvalue weighted by Gasteiger charge is -1.92. The van der Waals surface area contributed by atoms with Crippen LogP contribution < -0.4 is 0 Å². The molecule has 2 aromatic heterocycles. The van der Waals surface area contributed by atoms with Crippen LogP contribution in [0.1, 0.15) is 4.88 Å². The van der Waals surface area contributed by atoms with Crippen LogP contribution in [0.3, 0.4) is 0 Å². The van der Waals surface area contributed by atoms with Crippen molar-refractivity contribution in [2.24, 2.45) is 0 Å². The minimum Gasteiger partial charge on any atom is -0.299 e. The van der Waals surface area contributed by atoms with E-state index in [4.69, 9.17) is 0 Å². The van der Waals surface area contributed by atoms with Gasteiger partial charge in [-0.15, -0.1) is 11.3 Å². The van der Waals surface area contributed by atoms with E-state index in [0.29, 0.717) is 0 Å². The zero-order valence-corrected chi connectivity index (χ0v) is 8.65. The first-order chi connectivity index (χ1) is 7.40. The van der Waals surface area contributed by atoms with Crippen molar-refractivity contribution in [2.75, 3.05) is 0 Å². The Labute approximate surface area is 91.1 Å². The molecule has 0 unspecified atom stereocenters. The Hall–Kier alpha value is -1.81. The van der Waals surface area contributed by atoms with Crippen molar-refractivity contribution in [3.63, 3.8) is 0 Å². The first-order valence-electron chi connectivity index (χ1n) is 4.37. The molecule has 0 fully saturated rings. The maximum Gasteiger partial charge on any atom is 0.142 e. The molecule has 0 atom stereocenters. The molecule has 2 aromatic rings. The van der Waals surface area contributed by atoms with Gasteiger partial charge in [-0.1, -0.05) is 0 Å². The lowest BCUT2D eigenvalue weighted by atomic mass is 10.2. The quantitative estimate of drug-likeness (QED) is 0.584. The highest BCUT2D eigenvalue weighted by atomic mass is 32.1. The number of hydrogen-bond acceptors (Lipinski definition) is 4. The van der Waals surface area contributed by atoms with Gasteiger partial charge in [-0.2, -0.15) is 0 Å². The molecule has 0 spiro atoms. The monoisotopic (exact) mass is 216 g/mol. The van der Waals surface area contributed by atoms with E-state index in [1.807, 2.05) is 11.4 Å². The van der Waals surface area contributed by atoms with Gasteiger partial charge in [0, 0.05) is 28.2 Å². The van der Waals surface area contributed by atoms with Gasteiger partial charge >= 0.3 is 0 Å². The summed E-state index contributed by atoms with van der Waals surface area (Å²) >= 11 is 1.57. The van der Waals surface area contributed by atoms with Crippen LogP contribution in [-0.2, 0) is 4.79 Å². The highest BCUT2D eigenvalue weighted by Gasteiger charge is 2.01. The van der Waals surface area contributed by atoms with E-state index in [0.717, 1.165) is 22.4 Å². The summed E-state index contributed by atoms with van der Waals surface area (Å²) in [6, 6.07) is 1.98. The molecule has 0 bridgehead atoms. The van der Waals surface area contributed by atoms with E-state index < -0.39 is 0 Å². The fraction of sp³-hybridized carbons (Fsp3) is 0. The fourth-order valence-electron chi connectivity index (χ4n) is 1.16. The molecule has 2 rings (SSSR count). The predicted molar refractivity (Wildman–Crippen MR) is 60.4 cm³/mol. The second kappa shape index (κ2) is 4.61. The Kier molecular flexibility index (Phi) is 2.99. The molecule has 0 amide bonds. The standard InChI is InChI=1S/C11H8N2OS/c14-5-1-2-10-6-9(8-15-10)11-7-12-3-4-13-11/h1-8H. The maximum absolute atomic E-state index is 10.2. The summed E-state index contributed by atoms with van der Waals surface area (Å²) in [6.45, 7) is 0. The molecule has 15 heavy (non-hydrogen) atoms. The summed E-state index contributed by atoms with van der Waals surface area (Å²) in [6.07, 6.45) is 9.04. The van der Waals surface area contributed by atoms with Crippen molar-refractivity contribution in [3.8, 4) is 11.3 Å². The molecular formula is C11H8N2OS. The number of aldehydes is 1. The largest absolute Gasteiger partial charge is 0.299 e. The predicted octanol–water partition coefficient (Wildman–Crippen LogP) is 2.42. The normalized spacial score (nSPS) is 10.7. The molecule has 0 N–H and O–H groups in total. The van der Waals surface area contributed by atoms with Crippen LogP contribution in [0.15, 0.2) is 36.1 Å². The first-order valence-corrected chi connectivity index (χ1v) is 5.25. The van der Waals surface area contributed by atoms with Gasteiger partial charge in [0.15, 0.2) is 0 Å². The molecule has 0 radical (unpaired) electrons. The summed E-state index contributed by atoms with van der Waals surface area (Å²) in [5.41, 5.74) is 1.87. The minimum absolute atomic E-state index is 0.766. The average molecular weight is 216 g/mol. The molecule has 0 aromatic carbocycles. The molecule has 0 aliphatic carbocycles. The summed E-state index contributed by atoms with van der Waals surface area (Å²) in [5.74, 6) is 0. The van der Waals surface area contributed by atoms with Gasteiger partial charge in [0.25, 0.3) is 0 Å². The first kappa shape index (κ1) is 9.73. The second-order valence-electron chi connectivity index (χ2n) is 2.82. The minimum atomic E-state index is 0.766. The van der Waals surface area contributed by atoms with E-state index in [-0.39, 0.29) is 0 Å². The fourth-order valence-corrected chi connectivity index (χ4v) is 1.96. The molecule has 3 nitrogen and oxygen atoms in total. The Balaban J connectivity index is 2.28. The number of aromatic nitrogens is 2. The lowest BCUT2D eigenvalue weighted by molar-refractivity contribution is -0.104. The Morgan fingerprint density at radius 2 is 2.27 bits per heavy atom. The summed E-state index contributed by atoms with van der Waals surface area (Å²) < 4.78 is 0. The zero-order valence-electron chi connectivity index (χ0n) is 7.83. The van der Waals surface area contributed by atoms with Gasteiger partial charge < -0.3 is 0 Å². The lowest BCUT2D eigenvalue weighted by Crippen LogP contribution is -1.80. The van der Waals surface area contributed by atoms with Crippen LogP contribution in [0.5, 0.6) is 0 Å². The van der Waals surface area contributed by atoms with Crippen LogP contribution in [-0.4, -0.2) is 16.3 Å². The molecule has 0 saturated heterocycles. The molecule has 74 valence electrons. The summed E-state index contributed by atoms with van der Waals surface area (Å²) in [4.78, 5) is 19.4. The van der Waals surface area contributed by atoms with Gasteiger partial charge in [0.1, 0.15) is 6.29 Å². The van der Waals surface area contributed by atoms with Gasteiger partial charge in [-0.25, -0.2) is 0 Å². The summed E-state index contributed by atoms with van der Waals surface area (Å²) in [7, 11) is 0. The van der Waals surface area contributed by atoms with Crippen molar-refractivity contribution in [2.45, 2.75) is 0 Å². The van der Waals surface area contributed by atoms with Gasteiger partial charge in [-0.3, -0.25) is 14.8 Å². The average Bonchev–Trinajstić information content (AvgIpc) is 2.76. The van der Waals surface area contributed by atoms with E-state index in [2.05, 4.69) is 9.97 Å². The molecule has 0 aliphatic heterocycles. The highest BCUT2D eigenvalue weighted by molar-refractivity contribution is 7.11. The van der Waals surface area contributed by atoms with Crippen molar-refractivity contribution < 1.29 is 4.79 Å². The molecule has 2 heterocycles. The van der Waals surface area contributed by atoms with Gasteiger partial charge in [0.05, 0.1) is 11.9 Å². The van der Waals surface area contributed by atoms with Gasteiger partial charge in [0.2, 0.25) is 0 Å². The Morgan fingerprint density at radius 1 is 1.33 bits per heavy atom. The molecule has 4 heteroatoms. The number of allylic oxidation sites excluding steroid dienone is 1. The highest BCUT2D eigenvalue weighted by Crippen LogP contribution is 2.23. The maximum atomic E-state index is 10.2. The van der Waals surface area contributed by atoms with E-state index in [1.165, 1.54) is 6.08 Å². The van der Waals surface area contributed by atoms with Crippen molar-refractivity contribution in [3.05, 3.63) is 41.0 Å². The molecular weight excluding hydrogens is 208 g/mol. The van der Waals surface area contributed by atoms with Crippen LogP contribution in [0.25, 0.3) is 17.3 Å². The third-order valence-corrected chi connectivity index (χ3v) is 2.72. The third-order valence-electron chi connectivity index (χ3n) is 1.82. The van der Waals surface area contributed by atoms with Crippen LogP contribution in [0.2, 0.25) is 0 Å². The molecule has 0 aliphatic rings. The molecule has 0 saturated carbocycles. The van der Waals surface area contributed by atoms with E-state index in [9.17, 15) is 4.79 Å². The van der Waals surface area contributed by atoms with Crippen molar-refractivity contribution in [1.82, 2.24) is 9.97 Å². The Bertz CT molecular complexity index is 476. The number of hydrogen-bond donors (Lipinski definition) is 0. The van der Waals surface area contributed by atoms with E-state index >= 15 is 0 Å². The second-order valence-corrected chi connectivity index (χ2v) is 3.77. The van der Waals surface area contributed by atoms with Gasteiger partial charge in [-0.05, 0) is 18.2 Å². The SMILES string of the molecule is O=CC=Cc1cc(-c2cnccn2)cs1. The smallest absolute Gasteiger partial charge is 0.142 e. The van der Waals surface area contributed by atoms with E-state index in [1.54, 1.807) is 36.0 Å². The summed E-state index contributed by atoms with van der Waals surface area (Å²) in [5, 5.41) is 1.99. The van der Waals surface area contributed by atoms with Crippen LogP contribution in [0, 0.1) is 0 Å². The van der Waals surface area contributed by atoms with Crippen molar-refractivity contribution >= 4 is 23.7 Å². The number of nitrogens with zero attached hydrogens (tertiary/aromatic N) is 2. The number of rotatable bonds is 3. The van der Waals surface area contributed by atoms with Crippen molar-refractivity contribution in [1.29, 1.82) is 0 Å². The topological polar surface area (TPSA) is 42.9 Å². The van der Waals surface area contributed by atoms with Crippen LogP contribution in [0.4, 0.5) is 0 Å². The third kappa shape index (κ3) is 2.35. The Morgan fingerprint density at radius 3 is 3.00 bits per heavy atom. The zero-order chi connectivity index (χ0) is 10.5. The number of carbonyl (C=O) groups excluding carboxylic acids is 1. The number of carbonyl (C=O) groups is 1. The number of thiophene rings is 1. The van der Waals surface area contributed by atoms with Crippen LogP contribution >= 0.6 is 11.3 Å².